The van der Waals surface area contributed by atoms with Crippen molar-refractivity contribution in [3.8, 4) is 0 Å². The third-order valence-corrected chi connectivity index (χ3v) is 5.68. The summed E-state index contributed by atoms with van der Waals surface area (Å²) < 4.78 is 0.348. The minimum absolute atomic E-state index is 0.106. The molecule has 0 saturated heterocycles. The molecule has 0 radical (unpaired) electrons. The number of carbonyl (C=O) groups is 2. The van der Waals surface area contributed by atoms with Crippen molar-refractivity contribution >= 4 is 62.2 Å². The van der Waals surface area contributed by atoms with Gasteiger partial charge in [0.2, 0.25) is 5.91 Å². The summed E-state index contributed by atoms with van der Waals surface area (Å²) in [6.07, 6.45) is 4.30. The highest BCUT2D eigenvalue weighted by atomic mass is 127. The predicted octanol–water partition coefficient (Wildman–Crippen LogP) is 5.74. The molecule has 0 spiro atoms. The molecule has 1 amide bonds. The summed E-state index contributed by atoms with van der Waals surface area (Å²) in [6, 6.07) is 8.89. The Morgan fingerprint density at radius 1 is 1.21 bits per heavy atom. The first-order valence-electron chi connectivity index (χ1n) is 7.84. The summed E-state index contributed by atoms with van der Waals surface area (Å²) in [4.78, 5) is 25.8. The summed E-state index contributed by atoms with van der Waals surface area (Å²) in [7, 11) is 0. The maximum atomic E-state index is 12.9. The van der Waals surface area contributed by atoms with Crippen LogP contribution in [0, 0.1) is 0 Å². The van der Waals surface area contributed by atoms with Crippen LogP contribution < -0.4 is 5.32 Å². The first kappa shape index (κ1) is 19.4. The van der Waals surface area contributed by atoms with Crippen LogP contribution in [0.5, 0.6) is 0 Å². The molecular formula is C18H19ClINO2S. The highest BCUT2D eigenvalue weighted by molar-refractivity contribution is 14.1. The number of aryl methyl sites for hydroxylation is 1. The van der Waals surface area contributed by atoms with Crippen LogP contribution in [0.2, 0.25) is 5.02 Å². The Hall–Kier alpha value is -0.920. The second-order valence-electron chi connectivity index (χ2n) is 5.40. The minimum atomic E-state index is -0.151. The predicted molar refractivity (Wildman–Crippen MR) is 110 cm³/mol. The lowest BCUT2D eigenvalue weighted by atomic mass is 10.0. The number of thiophene rings is 1. The van der Waals surface area contributed by atoms with Crippen LogP contribution in [-0.2, 0) is 11.2 Å². The third kappa shape index (κ3) is 5.04. The number of rotatable bonds is 8. The van der Waals surface area contributed by atoms with Gasteiger partial charge in [-0.2, -0.15) is 0 Å². The molecule has 0 bridgehead atoms. The number of unbranched alkanes of at least 4 members (excludes halogenated alkanes) is 2. The molecule has 1 aromatic heterocycles. The maximum absolute atomic E-state index is 12.9. The fourth-order valence-electron chi connectivity index (χ4n) is 2.33. The van der Waals surface area contributed by atoms with Gasteiger partial charge in [-0.1, -0.05) is 66.1 Å². The van der Waals surface area contributed by atoms with E-state index in [9.17, 15) is 9.59 Å². The molecule has 1 heterocycles. The van der Waals surface area contributed by atoms with E-state index in [-0.39, 0.29) is 11.7 Å². The highest BCUT2D eigenvalue weighted by Crippen LogP contribution is 2.32. The molecule has 2 aromatic rings. The van der Waals surface area contributed by atoms with E-state index >= 15 is 0 Å². The first-order valence-corrected chi connectivity index (χ1v) is 10.6. The third-order valence-electron chi connectivity index (χ3n) is 3.55. The van der Waals surface area contributed by atoms with Crippen LogP contribution in [0.15, 0.2) is 30.3 Å². The van der Waals surface area contributed by atoms with E-state index in [0.29, 0.717) is 25.6 Å². The van der Waals surface area contributed by atoms with Crippen LogP contribution >= 0.6 is 45.5 Å². The Bertz CT molecular complexity index is 730. The molecule has 24 heavy (non-hydrogen) atoms. The van der Waals surface area contributed by atoms with Gasteiger partial charge >= 0.3 is 0 Å². The Balaban J connectivity index is 2.33. The molecule has 0 atom stereocenters. The number of alkyl halides is 1. The zero-order valence-electron chi connectivity index (χ0n) is 13.4. The molecule has 3 nitrogen and oxygen atoms in total. The summed E-state index contributed by atoms with van der Waals surface area (Å²) in [6.45, 7) is 2.16. The molecule has 0 fully saturated rings. The quantitative estimate of drug-likeness (QED) is 0.229. The number of anilines is 1. The fraction of sp³-hybridized carbons (Fsp3) is 0.333. The standard InChI is InChI=1S/C18H19ClINO2S/c1-2-3-4-7-12-10-14(18(24-12)21-16(22)11-20)17(23)13-8-5-6-9-15(13)19/h5-6,8-10H,2-4,7,11H2,1H3,(H,21,22). The number of hydrogen-bond acceptors (Lipinski definition) is 3. The molecule has 2 rings (SSSR count). The molecule has 0 aliphatic heterocycles. The summed E-state index contributed by atoms with van der Waals surface area (Å²) in [5.74, 6) is -0.256. The number of ketones is 1. The van der Waals surface area contributed by atoms with Gasteiger partial charge in [0.25, 0.3) is 0 Å². The Morgan fingerprint density at radius 3 is 2.62 bits per heavy atom. The van der Waals surface area contributed by atoms with E-state index in [0.717, 1.165) is 30.6 Å². The molecule has 6 heteroatoms. The highest BCUT2D eigenvalue weighted by Gasteiger charge is 2.20. The fourth-order valence-corrected chi connectivity index (χ4v) is 3.85. The lowest BCUT2D eigenvalue weighted by Crippen LogP contribution is -2.14. The summed E-state index contributed by atoms with van der Waals surface area (Å²) in [5.41, 5.74) is 0.986. The van der Waals surface area contributed by atoms with Crippen molar-refractivity contribution in [2.45, 2.75) is 32.6 Å². The summed E-state index contributed by atoms with van der Waals surface area (Å²) >= 11 is 9.65. The van der Waals surface area contributed by atoms with Gasteiger partial charge in [-0.15, -0.1) is 11.3 Å². The minimum Gasteiger partial charge on any atom is -0.316 e. The topological polar surface area (TPSA) is 46.2 Å². The van der Waals surface area contributed by atoms with Crippen molar-refractivity contribution in [2.24, 2.45) is 0 Å². The van der Waals surface area contributed by atoms with E-state index in [1.54, 1.807) is 24.3 Å². The number of carbonyl (C=O) groups excluding carboxylic acids is 2. The van der Waals surface area contributed by atoms with E-state index in [2.05, 4.69) is 12.2 Å². The molecule has 128 valence electrons. The number of nitrogens with one attached hydrogen (secondary N) is 1. The number of benzene rings is 1. The van der Waals surface area contributed by atoms with Crippen molar-refractivity contribution in [1.29, 1.82) is 0 Å². The number of halogens is 2. The van der Waals surface area contributed by atoms with Crippen LogP contribution in [0.25, 0.3) is 0 Å². The second-order valence-corrected chi connectivity index (χ2v) is 7.71. The smallest absolute Gasteiger partial charge is 0.234 e. The van der Waals surface area contributed by atoms with Gasteiger partial charge < -0.3 is 5.32 Å². The number of amides is 1. The van der Waals surface area contributed by atoms with Gasteiger partial charge in [0, 0.05) is 10.4 Å². The number of hydrogen-bond donors (Lipinski definition) is 1. The first-order chi connectivity index (χ1) is 11.6. The normalized spacial score (nSPS) is 10.6. The molecule has 1 aromatic carbocycles. The van der Waals surface area contributed by atoms with E-state index in [1.165, 1.54) is 11.3 Å². The lowest BCUT2D eigenvalue weighted by molar-refractivity contribution is -0.113. The average molecular weight is 476 g/mol. The van der Waals surface area contributed by atoms with Crippen LogP contribution in [-0.4, -0.2) is 16.1 Å². The van der Waals surface area contributed by atoms with Crippen LogP contribution in [0.4, 0.5) is 5.00 Å². The molecule has 0 aliphatic rings. The zero-order valence-corrected chi connectivity index (χ0v) is 17.1. The van der Waals surface area contributed by atoms with Crippen LogP contribution in [0.3, 0.4) is 0 Å². The van der Waals surface area contributed by atoms with Crippen molar-refractivity contribution in [3.05, 3.63) is 51.4 Å². The summed E-state index contributed by atoms with van der Waals surface area (Å²) in [5, 5.41) is 3.89. The molecule has 0 unspecified atom stereocenters. The molecular weight excluding hydrogens is 457 g/mol. The average Bonchev–Trinajstić information content (AvgIpc) is 2.97. The van der Waals surface area contributed by atoms with Crippen LogP contribution in [0.1, 0.15) is 47.0 Å². The van der Waals surface area contributed by atoms with Crippen molar-refractivity contribution < 1.29 is 9.59 Å². The van der Waals surface area contributed by atoms with Gasteiger partial charge in [0.1, 0.15) is 5.00 Å². The monoisotopic (exact) mass is 475 g/mol. The van der Waals surface area contributed by atoms with Crippen molar-refractivity contribution in [1.82, 2.24) is 0 Å². The molecule has 0 saturated carbocycles. The Morgan fingerprint density at radius 2 is 1.96 bits per heavy atom. The zero-order chi connectivity index (χ0) is 17.5. The van der Waals surface area contributed by atoms with E-state index in [1.807, 2.05) is 28.7 Å². The Kier molecular flexibility index (Phi) is 7.71. The second kappa shape index (κ2) is 9.53. The van der Waals surface area contributed by atoms with Gasteiger partial charge in [-0.05, 0) is 31.0 Å². The maximum Gasteiger partial charge on any atom is 0.234 e. The van der Waals surface area contributed by atoms with Crippen molar-refractivity contribution in [3.63, 3.8) is 0 Å². The van der Waals surface area contributed by atoms with E-state index in [4.69, 9.17) is 11.6 Å². The lowest BCUT2D eigenvalue weighted by Gasteiger charge is -2.05. The SMILES string of the molecule is CCCCCc1cc(C(=O)c2ccccc2Cl)c(NC(=O)CI)s1. The molecule has 1 N–H and O–H groups in total. The van der Waals surface area contributed by atoms with Gasteiger partial charge in [-0.3, -0.25) is 9.59 Å². The van der Waals surface area contributed by atoms with Gasteiger partial charge in [0.05, 0.1) is 15.0 Å². The molecule has 0 aliphatic carbocycles. The van der Waals surface area contributed by atoms with E-state index < -0.39 is 0 Å². The van der Waals surface area contributed by atoms with Gasteiger partial charge in [-0.25, -0.2) is 0 Å². The Labute approximate surface area is 164 Å². The van der Waals surface area contributed by atoms with Crippen molar-refractivity contribution in [2.75, 3.05) is 9.74 Å². The van der Waals surface area contributed by atoms with Gasteiger partial charge in [0.15, 0.2) is 5.78 Å². The largest absolute Gasteiger partial charge is 0.316 e.